The monoisotopic (exact) mass is 228 g/mol. The Morgan fingerprint density at radius 1 is 1.40 bits per heavy atom. The van der Waals surface area contributed by atoms with Crippen LogP contribution in [0.3, 0.4) is 0 Å². The number of carbonyl (C=O) groups is 1. The highest BCUT2D eigenvalue weighted by Gasteiger charge is 1.94. The molecule has 0 aliphatic carbocycles. The van der Waals surface area contributed by atoms with Crippen LogP contribution in [-0.4, -0.2) is 21.9 Å². The normalized spacial score (nSPS) is 12.7. The molecule has 3 nitrogen and oxygen atoms in total. The number of rotatable bonds is 7. The van der Waals surface area contributed by atoms with Gasteiger partial charge in [0.1, 0.15) is 5.76 Å². The van der Waals surface area contributed by atoms with Gasteiger partial charge in [-0.1, -0.05) is 12.2 Å². The lowest BCUT2D eigenvalue weighted by molar-refractivity contribution is -0.137. The second-order valence-electron chi connectivity index (χ2n) is 2.79. The summed E-state index contributed by atoms with van der Waals surface area (Å²) >= 11 is 1.49. The van der Waals surface area contributed by atoms with Crippen LogP contribution in [0.4, 0.5) is 0 Å². The van der Waals surface area contributed by atoms with E-state index in [0.717, 1.165) is 5.75 Å². The number of aliphatic hydroxyl groups is 1. The summed E-state index contributed by atoms with van der Waals surface area (Å²) in [5.41, 5.74) is 0. The van der Waals surface area contributed by atoms with E-state index in [1.807, 2.05) is 13.0 Å². The van der Waals surface area contributed by atoms with Crippen molar-refractivity contribution in [1.29, 1.82) is 0 Å². The van der Waals surface area contributed by atoms with E-state index < -0.39 is 5.97 Å². The SMILES string of the molecule is C\C=C/C=C(O)\C=C\SCCCC(=O)O. The molecule has 0 aliphatic heterocycles. The molecule has 0 unspecified atom stereocenters. The number of thioether (sulfide) groups is 1. The summed E-state index contributed by atoms with van der Waals surface area (Å²) in [6, 6.07) is 0. The number of carboxylic acid groups (broad SMARTS) is 1. The fraction of sp³-hybridized carbons (Fsp3) is 0.364. The third-order valence-corrected chi connectivity index (χ3v) is 2.30. The molecule has 0 saturated heterocycles. The molecule has 15 heavy (non-hydrogen) atoms. The number of hydrogen-bond acceptors (Lipinski definition) is 3. The van der Waals surface area contributed by atoms with Crippen molar-refractivity contribution >= 4 is 17.7 Å². The minimum Gasteiger partial charge on any atom is -0.508 e. The molecule has 2 N–H and O–H groups in total. The Kier molecular flexibility index (Phi) is 8.67. The maximum Gasteiger partial charge on any atom is 0.303 e. The van der Waals surface area contributed by atoms with Gasteiger partial charge in [0.25, 0.3) is 0 Å². The van der Waals surface area contributed by atoms with E-state index in [9.17, 15) is 9.90 Å². The molecule has 0 fully saturated rings. The summed E-state index contributed by atoms with van der Waals surface area (Å²) in [6.45, 7) is 1.87. The van der Waals surface area contributed by atoms with E-state index in [-0.39, 0.29) is 12.2 Å². The van der Waals surface area contributed by atoms with Gasteiger partial charge in [-0.25, -0.2) is 0 Å². The first-order valence-corrected chi connectivity index (χ1v) is 5.73. The summed E-state index contributed by atoms with van der Waals surface area (Å²) in [7, 11) is 0. The molecule has 0 amide bonds. The summed E-state index contributed by atoms with van der Waals surface area (Å²) in [4.78, 5) is 10.2. The molecular formula is C11H16O3S. The second-order valence-corrected chi connectivity index (χ2v) is 3.80. The number of allylic oxidation sites excluding steroid dienone is 4. The van der Waals surface area contributed by atoms with E-state index >= 15 is 0 Å². The molecule has 0 aromatic carbocycles. The predicted molar refractivity (Wildman–Crippen MR) is 64.0 cm³/mol. The summed E-state index contributed by atoms with van der Waals surface area (Å²) in [6.07, 6.45) is 7.59. The topological polar surface area (TPSA) is 57.5 Å². The summed E-state index contributed by atoms with van der Waals surface area (Å²) < 4.78 is 0. The molecule has 0 bridgehead atoms. The van der Waals surface area contributed by atoms with E-state index in [1.165, 1.54) is 11.8 Å². The first kappa shape index (κ1) is 13.8. The zero-order valence-corrected chi connectivity index (χ0v) is 9.54. The highest BCUT2D eigenvalue weighted by atomic mass is 32.2. The molecule has 0 rings (SSSR count). The maximum atomic E-state index is 10.2. The first-order chi connectivity index (χ1) is 7.16. The Labute approximate surface area is 94.2 Å². The third kappa shape index (κ3) is 10.8. The lowest BCUT2D eigenvalue weighted by Gasteiger charge is -1.93. The Bertz CT molecular complexity index is 267. The van der Waals surface area contributed by atoms with Crippen molar-refractivity contribution in [3.8, 4) is 0 Å². The van der Waals surface area contributed by atoms with Crippen LogP contribution >= 0.6 is 11.8 Å². The quantitative estimate of drug-likeness (QED) is 0.399. The largest absolute Gasteiger partial charge is 0.508 e. The summed E-state index contributed by atoms with van der Waals surface area (Å²) in [5.74, 6) is 0.175. The van der Waals surface area contributed by atoms with E-state index in [2.05, 4.69) is 0 Å². The van der Waals surface area contributed by atoms with Gasteiger partial charge in [-0.05, 0) is 36.7 Å². The van der Waals surface area contributed by atoms with E-state index in [0.29, 0.717) is 6.42 Å². The summed E-state index contributed by atoms with van der Waals surface area (Å²) in [5, 5.41) is 19.4. The van der Waals surface area contributed by atoms with Gasteiger partial charge < -0.3 is 10.2 Å². The van der Waals surface area contributed by atoms with E-state index in [1.54, 1.807) is 23.6 Å². The van der Waals surface area contributed by atoms with Gasteiger partial charge >= 0.3 is 5.97 Å². The van der Waals surface area contributed by atoms with Gasteiger partial charge in [0.05, 0.1) is 0 Å². The highest BCUT2D eigenvalue weighted by Crippen LogP contribution is 2.07. The van der Waals surface area contributed by atoms with Crippen molar-refractivity contribution in [2.24, 2.45) is 0 Å². The van der Waals surface area contributed by atoms with Crippen molar-refractivity contribution in [3.63, 3.8) is 0 Å². The fourth-order valence-electron chi connectivity index (χ4n) is 0.743. The standard InChI is InChI=1S/C11H16O3S/c1-2-3-5-10(12)7-9-15-8-4-6-11(13)14/h2-3,5,7,9,12H,4,6,8H2,1H3,(H,13,14)/b3-2-,9-7+,10-5+. The van der Waals surface area contributed by atoms with Crippen molar-refractivity contribution < 1.29 is 15.0 Å². The lowest BCUT2D eigenvalue weighted by Crippen LogP contribution is -1.94. The van der Waals surface area contributed by atoms with Gasteiger partial charge in [-0.15, -0.1) is 11.8 Å². The minimum absolute atomic E-state index is 0.193. The number of carboxylic acids is 1. The third-order valence-electron chi connectivity index (χ3n) is 1.45. The van der Waals surface area contributed by atoms with Crippen LogP contribution in [0.25, 0.3) is 0 Å². The maximum absolute atomic E-state index is 10.2. The van der Waals surface area contributed by atoms with Crippen LogP contribution in [0.1, 0.15) is 19.8 Å². The fourth-order valence-corrected chi connectivity index (χ4v) is 1.43. The van der Waals surface area contributed by atoms with Gasteiger partial charge in [0.15, 0.2) is 0 Å². The van der Waals surface area contributed by atoms with Gasteiger partial charge in [0, 0.05) is 6.42 Å². The van der Waals surface area contributed by atoms with Crippen LogP contribution in [0.2, 0.25) is 0 Å². The van der Waals surface area contributed by atoms with Crippen LogP contribution < -0.4 is 0 Å². The molecule has 0 aliphatic rings. The highest BCUT2D eigenvalue weighted by molar-refractivity contribution is 8.02. The van der Waals surface area contributed by atoms with Gasteiger partial charge in [0.2, 0.25) is 0 Å². The van der Waals surface area contributed by atoms with Crippen LogP contribution in [-0.2, 0) is 4.79 Å². The molecule has 0 heterocycles. The zero-order chi connectivity index (χ0) is 11.5. The number of aliphatic hydroxyl groups excluding tert-OH is 1. The Balaban J connectivity index is 3.58. The van der Waals surface area contributed by atoms with Crippen LogP contribution in [0.5, 0.6) is 0 Å². The van der Waals surface area contributed by atoms with Crippen molar-refractivity contribution in [2.45, 2.75) is 19.8 Å². The second kappa shape index (κ2) is 9.40. The minimum atomic E-state index is -0.768. The van der Waals surface area contributed by atoms with Gasteiger partial charge in [-0.2, -0.15) is 0 Å². The Morgan fingerprint density at radius 3 is 2.73 bits per heavy atom. The molecular weight excluding hydrogens is 212 g/mol. The van der Waals surface area contributed by atoms with Crippen molar-refractivity contribution in [3.05, 3.63) is 35.5 Å². The first-order valence-electron chi connectivity index (χ1n) is 4.68. The van der Waals surface area contributed by atoms with Crippen molar-refractivity contribution in [2.75, 3.05) is 5.75 Å². The number of hydrogen-bond donors (Lipinski definition) is 2. The molecule has 0 atom stereocenters. The van der Waals surface area contributed by atoms with E-state index in [4.69, 9.17) is 5.11 Å². The molecule has 0 saturated carbocycles. The van der Waals surface area contributed by atoms with Crippen LogP contribution in [0.15, 0.2) is 35.5 Å². The Hall–Kier alpha value is -1.16. The zero-order valence-electron chi connectivity index (χ0n) is 8.72. The van der Waals surface area contributed by atoms with Gasteiger partial charge in [-0.3, -0.25) is 4.79 Å². The average molecular weight is 228 g/mol. The molecule has 0 aromatic rings. The molecule has 84 valence electrons. The van der Waals surface area contributed by atoms with Crippen LogP contribution in [0, 0.1) is 0 Å². The molecule has 4 heteroatoms. The number of aliphatic carboxylic acids is 1. The average Bonchev–Trinajstić information content (AvgIpc) is 2.19. The van der Waals surface area contributed by atoms with Crippen molar-refractivity contribution in [1.82, 2.24) is 0 Å². The predicted octanol–water partition coefficient (Wildman–Crippen LogP) is 3.12. The molecule has 0 radical (unpaired) electrons. The molecule has 0 aromatic heterocycles. The lowest BCUT2D eigenvalue weighted by atomic mass is 10.3. The smallest absolute Gasteiger partial charge is 0.303 e. The molecule has 0 spiro atoms. The Morgan fingerprint density at radius 2 is 2.13 bits per heavy atom.